The molecule has 0 fully saturated rings. The Labute approximate surface area is 85.7 Å². The van der Waals surface area contributed by atoms with Crippen molar-refractivity contribution in [2.24, 2.45) is 0 Å². The molecular weight excluding hydrogens is 198 g/mol. The van der Waals surface area contributed by atoms with Gasteiger partial charge in [0.25, 0.3) is 0 Å². The monoisotopic (exact) mass is 209 g/mol. The number of hydrogen-bond donors (Lipinski definition) is 2. The van der Waals surface area contributed by atoms with Crippen molar-refractivity contribution in [1.82, 2.24) is 0 Å². The first-order valence-corrected chi connectivity index (χ1v) is 5.09. The van der Waals surface area contributed by atoms with E-state index in [1.54, 1.807) is 18.4 Å². The number of nitrogen functional groups attached to an aromatic ring is 1. The van der Waals surface area contributed by atoms with E-state index in [9.17, 15) is 5.11 Å². The average molecular weight is 209 g/mol. The molecule has 3 nitrogen and oxygen atoms in total. The van der Waals surface area contributed by atoms with E-state index in [1.165, 1.54) is 0 Å². The normalized spacial score (nSPS) is 10.7. The van der Waals surface area contributed by atoms with E-state index in [4.69, 9.17) is 10.5 Å². The number of aliphatic hydroxyl groups excluding tert-OH is 1. The summed E-state index contributed by atoms with van der Waals surface area (Å²) in [5, 5.41) is 12.2. The molecule has 0 aliphatic carbocycles. The Balaban J connectivity index is 2.79. The molecule has 0 aliphatic heterocycles. The van der Waals surface area contributed by atoms with Crippen molar-refractivity contribution in [1.29, 1.82) is 0 Å². The Kier molecular flexibility index (Phi) is 2.31. The highest BCUT2D eigenvalue weighted by Crippen LogP contribution is 2.36. The molecule has 0 saturated carbocycles. The number of thiophene rings is 1. The van der Waals surface area contributed by atoms with Gasteiger partial charge in [0.15, 0.2) is 0 Å². The standard InChI is InChI=1S/C10H11NO2S/c1-13-8-4-6-2-3-14-10(6)9(11)7(8)5-12/h2-4,12H,5,11H2,1H3. The summed E-state index contributed by atoms with van der Waals surface area (Å²) in [4.78, 5) is 0. The molecule has 4 heteroatoms. The van der Waals surface area contributed by atoms with E-state index >= 15 is 0 Å². The summed E-state index contributed by atoms with van der Waals surface area (Å²) in [7, 11) is 1.58. The first-order chi connectivity index (χ1) is 6.77. The van der Waals surface area contributed by atoms with Gasteiger partial charge in [-0.3, -0.25) is 0 Å². The van der Waals surface area contributed by atoms with Crippen molar-refractivity contribution in [2.75, 3.05) is 12.8 Å². The van der Waals surface area contributed by atoms with Crippen LogP contribution in [-0.4, -0.2) is 12.2 Å². The van der Waals surface area contributed by atoms with Gasteiger partial charge in [-0.25, -0.2) is 0 Å². The molecule has 0 spiro atoms. The second kappa shape index (κ2) is 3.48. The van der Waals surface area contributed by atoms with Gasteiger partial charge in [-0.05, 0) is 22.9 Å². The topological polar surface area (TPSA) is 55.5 Å². The fraction of sp³-hybridized carbons (Fsp3) is 0.200. The van der Waals surface area contributed by atoms with Gasteiger partial charge in [0.1, 0.15) is 5.75 Å². The van der Waals surface area contributed by atoms with Crippen molar-refractivity contribution < 1.29 is 9.84 Å². The lowest BCUT2D eigenvalue weighted by atomic mass is 10.1. The SMILES string of the molecule is COc1cc2ccsc2c(N)c1CO. The van der Waals surface area contributed by atoms with Gasteiger partial charge in [0.2, 0.25) is 0 Å². The summed E-state index contributed by atoms with van der Waals surface area (Å²) in [6.45, 7) is -0.0944. The summed E-state index contributed by atoms with van der Waals surface area (Å²) in [6, 6.07) is 3.88. The van der Waals surface area contributed by atoms with Gasteiger partial charge >= 0.3 is 0 Å². The second-order valence-electron chi connectivity index (χ2n) is 2.97. The van der Waals surface area contributed by atoms with Crippen molar-refractivity contribution in [2.45, 2.75) is 6.61 Å². The molecular formula is C10H11NO2S. The quantitative estimate of drug-likeness (QED) is 0.744. The Hall–Kier alpha value is -1.26. The summed E-state index contributed by atoms with van der Waals surface area (Å²) >= 11 is 1.57. The van der Waals surface area contributed by atoms with Gasteiger partial charge in [-0.2, -0.15) is 0 Å². The predicted molar refractivity (Wildman–Crippen MR) is 58.7 cm³/mol. The van der Waals surface area contributed by atoms with Crippen LogP contribution in [0.3, 0.4) is 0 Å². The maximum atomic E-state index is 9.17. The Morgan fingerprint density at radius 2 is 2.36 bits per heavy atom. The molecule has 14 heavy (non-hydrogen) atoms. The minimum Gasteiger partial charge on any atom is -0.496 e. The molecule has 0 aliphatic rings. The number of anilines is 1. The zero-order valence-electron chi connectivity index (χ0n) is 7.78. The van der Waals surface area contributed by atoms with Crippen LogP contribution in [0, 0.1) is 0 Å². The summed E-state index contributed by atoms with van der Waals surface area (Å²) in [5.41, 5.74) is 7.21. The molecule has 0 saturated heterocycles. The van der Waals surface area contributed by atoms with E-state index < -0.39 is 0 Å². The third-order valence-electron chi connectivity index (χ3n) is 2.23. The number of benzene rings is 1. The van der Waals surface area contributed by atoms with E-state index in [1.807, 2.05) is 17.5 Å². The number of hydrogen-bond acceptors (Lipinski definition) is 4. The third kappa shape index (κ3) is 1.23. The Morgan fingerprint density at radius 3 is 3.00 bits per heavy atom. The maximum absolute atomic E-state index is 9.17. The highest BCUT2D eigenvalue weighted by Gasteiger charge is 2.11. The number of methoxy groups -OCH3 is 1. The lowest BCUT2D eigenvalue weighted by Gasteiger charge is -2.09. The van der Waals surface area contributed by atoms with Gasteiger partial charge in [-0.1, -0.05) is 0 Å². The molecule has 3 N–H and O–H groups in total. The van der Waals surface area contributed by atoms with Gasteiger partial charge in [0.05, 0.1) is 24.1 Å². The van der Waals surface area contributed by atoms with Crippen molar-refractivity contribution in [3.05, 3.63) is 23.1 Å². The molecule has 1 aromatic heterocycles. The zero-order valence-corrected chi connectivity index (χ0v) is 8.60. The van der Waals surface area contributed by atoms with Gasteiger partial charge in [0, 0.05) is 5.56 Å². The highest BCUT2D eigenvalue weighted by molar-refractivity contribution is 7.17. The molecule has 0 atom stereocenters. The molecule has 2 rings (SSSR count). The Morgan fingerprint density at radius 1 is 1.57 bits per heavy atom. The van der Waals surface area contributed by atoms with Crippen molar-refractivity contribution in [3.63, 3.8) is 0 Å². The smallest absolute Gasteiger partial charge is 0.127 e. The fourth-order valence-corrected chi connectivity index (χ4v) is 2.36. The molecule has 1 heterocycles. The molecule has 0 unspecified atom stereocenters. The van der Waals surface area contributed by atoms with E-state index in [2.05, 4.69) is 0 Å². The molecule has 0 bridgehead atoms. The number of nitrogens with two attached hydrogens (primary N) is 1. The first-order valence-electron chi connectivity index (χ1n) is 4.21. The number of fused-ring (bicyclic) bond motifs is 1. The van der Waals surface area contributed by atoms with E-state index in [-0.39, 0.29) is 6.61 Å². The van der Waals surface area contributed by atoms with Crippen LogP contribution >= 0.6 is 11.3 Å². The third-order valence-corrected chi connectivity index (χ3v) is 3.19. The van der Waals surface area contributed by atoms with Crippen LogP contribution < -0.4 is 10.5 Å². The van der Waals surface area contributed by atoms with Crippen molar-refractivity contribution in [3.8, 4) is 5.75 Å². The van der Waals surface area contributed by atoms with E-state index in [0.29, 0.717) is 17.0 Å². The number of rotatable bonds is 2. The minimum absolute atomic E-state index is 0.0944. The van der Waals surface area contributed by atoms with Crippen LogP contribution in [0.1, 0.15) is 5.56 Å². The molecule has 1 aromatic carbocycles. The van der Waals surface area contributed by atoms with Gasteiger partial charge < -0.3 is 15.6 Å². The van der Waals surface area contributed by atoms with Gasteiger partial charge in [-0.15, -0.1) is 11.3 Å². The van der Waals surface area contributed by atoms with Crippen LogP contribution in [0.2, 0.25) is 0 Å². The van der Waals surface area contributed by atoms with Crippen molar-refractivity contribution >= 4 is 27.1 Å². The number of ether oxygens (including phenoxy) is 1. The lowest BCUT2D eigenvalue weighted by molar-refractivity contribution is 0.275. The molecule has 74 valence electrons. The molecule has 0 amide bonds. The average Bonchev–Trinajstić information content (AvgIpc) is 2.65. The second-order valence-corrected chi connectivity index (χ2v) is 3.88. The maximum Gasteiger partial charge on any atom is 0.127 e. The largest absolute Gasteiger partial charge is 0.496 e. The molecule has 0 radical (unpaired) electrons. The van der Waals surface area contributed by atoms with Crippen LogP contribution in [-0.2, 0) is 6.61 Å². The zero-order chi connectivity index (χ0) is 10.1. The minimum atomic E-state index is -0.0944. The van der Waals surface area contributed by atoms with Crippen LogP contribution in [0.25, 0.3) is 10.1 Å². The highest BCUT2D eigenvalue weighted by atomic mass is 32.1. The van der Waals surface area contributed by atoms with Crippen LogP contribution in [0.5, 0.6) is 5.75 Å². The lowest BCUT2D eigenvalue weighted by Crippen LogP contribution is -1.98. The van der Waals surface area contributed by atoms with Crippen LogP contribution in [0.4, 0.5) is 5.69 Å². The van der Waals surface area contributed by atoms with Crippen LogP contribution in [0.15, 0.2) is 17.5 Å². The molecule has 2 aromatic rings. The summed E-state index contributed by atoms with van der Waals surface area (Å²) in [5.74, 6) is 0.649. The Bertz CT molecular complexity index is 464. The number of aliphatic hydroxyl groups is 1. The van der Waals surface area contributed by atoms with E-state index in [0.717, 1.165) is 10.1 Å². The summed E-state index contributed by atoms with van der Waals surface area (Å²) < 4.78 is 6.17. The summed E-state index contributed by atoms with van der Waals surface area (Å²) in [6.07, 6.45) is 0. The fourth-order valence-electron chi connectivity index (χ4n) is 1.50. The predicted octanol–water partition coefficient (Wildman–Crippen LogP) is 1.98. The first kappa shape index (κ1) is 9.30.